The van der Waals surface area contributed by atoms with Crippen molar-refractivity contribution < 1.29 is 0 Å². The van der Waals surface area contributed by atoms with Gasteiger partial charge in [0.05, 0.1) is 0 Å². The summed E-state index contributed by atoms with van der Waals surface area (Å²) in [5.74, 6) is 0. The Morgan fingerprint density at radius 1 is 1.67 bits per heavy atom. The first-order chi connectivity index (χ1) is 4.18. The van der Waals surface area contributed by atoms with Gasteiger partial charge < -0.3 is 11.5 Å². The molecule has 50 valence electrons. The molecule has 0 aliphatic heterocycles. The van der Waals surface area contributed by atoms with E-state index in [4.69, 9.17) is 11.5 Å². The Bertz CT molecular complexity index is 168. The van der Waals surface area contributed by atoms with E-state index in [0.29, 0.717) is 0 Å². The molecule has 0 bridgehead atoms. The summed E-state index contributed by atoms with van der Waals surface area (Å²) >= 11 is 0. The van der Waals surface area contributed by atoms with Crippen LogP contribution in [0.25, 0.3) is 0 Å². The molecule has 0 aromatic carbocycles. The molecular formula is C7H12N2. The molecule has 0 heterocycles. The standard InChI is InChI=1S/C7H12N2/c1-5-2-6(8)4-7(9)3-5/h2,4,7H,3,8-9H2,1H3. The number of hydrogen-bond acceptors (Lipinski definition) is 2. The van der Waals surface area contributed by atoms with Crippen LogP contribution in [0.3, 0.4) is 0 Å². The average molecular weight is 124 g/mol. The lowest BCUT2D eigenvalue weighted by Gasteiger charge is -2.12. The summed E-state index contributed by atoms with van der Waals surface area (Å²) in [4.78, 5) is 0. The lowest BCUT2D eigenvalue weighted by atomic mass is 10.0. The van der Waals surface area contributed by atoms with Crippen molar-refractivity contribution in [3.63, 3.8) is 0 Å². The molecule has 9 heavy (non-hydrogen) atoms. The molecule has 2 heteroatoms. The van der Waals surface area contributed by atoms with E-state index >= 15 is 0 Å². The Hall–Kier alpha value is -0.760. The summed E-state index contributed by atoms with van der Waals surface area (Å²) < 4.78 is 0. The van der Waals surface area contributed by atoms with Crippen LogP contribution in [0.2, 0.25) is 0 Å². The average Bonchev–Trinajstić information content (AvgIpc) is 1.59. The first-order valence-electron chi connectivity index (χ1n) is 3.08. The van der Waals surface area contributed by atoms with E-state index in [1.807, 2.05) is 19.1 Å². The van der Waals surface area contributed by atoms with E-state index in [0.717, 1.165) is 12.1 Å². The highest BCUT2D eigenvalue weighted by Crippen LogP contribution is 2.11. The molecule has 0 saturated heterocycles. The lowest BCUT2D eigenvalue weighted by Crippen LogP contribution is -2.21. The van der Waals surface area contributed by atoms with E-state index < -0.39 is 0 Å². The predicted molar refractivity (Wildman–Crippen MR) is 38.6 cm³/mol. The zero-order valence-electron chi connectivity index (χ0n) is 5.59. The summed E-state index contributed by atoms with van der Waals surface area (Å²) in [7, 11) is 0. The predicted octanol–water partition coefficient (Wildman–Crippen LogP) is 0.506. The molecular weight excluding hydrogens is 112 g/mol. The summed E-state index contributed by atoms with van der Waals surface area (Å²) in [5.41, 5.74) is 13.2. The zero-order valence-corrected chi connectivity index (χ0v) is 5.59. The van der Waals surface area contributed by atoms with Gasteiger partial charge in [-0.2, -0.15) is 0 Å². The van der Waals surface area contributed by atoms with E-state index in [1.165, 1.54) is 5.57 Å². The van der Waals surface area contributed by atoms with Crippen LogP contribution in [-0.2, 0) is 0 Å². The second kappa shape index (κ2) is 2.23. The lowest BCUT2D eigenvalue weighted by molar-refractivity contribution is 0.780. The topological polar surface area (TPSA) is 52.0 Å². The fourth-order valence-electron chi connectivity index (χ4n) is 1.07. The van der Waals surface area contributed by atoms with Crippen molar-refractivity contribution in [1.82, 2.24) is 0 Å². The smallest absolute Gasteiger partial charge is 0.0288 e. The molecule has 0 amide bonds. The highest BCUT2D eigenvalue weighted by molar-refractivity contribution is 5.27. The van der Waals surface area contributed by atoms with Crippen molar-refractivity contribution in [2.75, 3.05) is 0 Å². The minimum absolute atomic E-state index is 0.134. The third kappa shape index (κ3) is 1.57. The van der Waals surface area contributed by atoms with Crippen LogP contribution < -0.4 is 11.5 Å². The van der Waals surface area contributed by atoms with Gasteiger partial charge in [0.1, 0.15) is 0 Å². The Kier molecular flexibility index (Phi) is 1.58. The monoisotopic (exact) mass is 124 g/mol. The summed E-state index contributed by atoms with van der Waals surface area (Å²) in [5, 5.41) is 0. The Balaban J connectivity index is 2.74. The van der Waals surface area contributed by atoms with Gasteiger partial charge in [-0.3, -0.25) is 0 Å². The van der Waals surface area contributed by atoms with Gasteiger partial charge in [0.25, 0.3) is 0 Å². The van der Waals surface area contributed by atoms with Crippen LogP contribution in [0.5, 0.6) is 0 Å². The number of nitrogens with two attached hydrogens (primary N) is 2. The van der Waals surface area contributed by atoms with Gasteiger partial charge in [0, 0.05) is 11.7 Å². The number of rotatable bonds is 0. The maximum atomic E-state index is 5.62. The molecule has 0 aromatic rings. The normalized spacial score (nSPS) is 27.1. The van der Waals surface area contributed by atoms with Gasteiger partial charge in [-0.15, -0.1) is 0 Å². The third-order valence-electron chi connectivity index (χ3n) is 1.38. The van der Waals surface area contributed by atoms with Crippen molar-refractivity contribution >= 4 is 0 Å². The van der Waals surface area contributed by atoms with Gasteiger partial charge in [-0.25, -0.2) is 0 Å². The largest absolute Gasteiger partial charge is 0.399 e. The molecule has 1 aliphatic carbocycles. The molecule has 1 atom stereocenters. The second-order valence-corrected chi connectivity index (χ2v) is 2.53. The molecule has 1 rings (SSSR count). The first kappa shape index (κ1) is 6.36. The summed E-state index contributed by atoms with van der Waals surface area (Å²) in [6.45, 7) is 2.04. The minimum Gasteiger partial charge on any atom is -0.399 e. The Morgan fingerprint density at radius 2 is 2.33 bits per heavy atom. The van der Waals surface area contributed by atoms with Gasteiger partial charge >= 0.3 is 0 Å². The maximum absolute atomic E-state index is 5.62. The number of hydrogen-bond donors (Lipinski definition) is 2. The third-order valence-corrected chi connectivity index (χ3v) is 1.38. The highest BCUT2D eigenvalue weighted by atomic mass is 14.7. The highest BCUT2D eigenvalue weighted by Gasteiger charge is 2.05. The van der Waals surface area contributed by atoms with E-state index in [9.17, 15) is 0 Å². The van der Waals surface area contributed by atoms with Crippen molar-refractivity contribution in [3.8, 4) is 0 Å². The molecule has 0 spiro atoms. The van der Waals surface area contributed by atoms with Crippen LogP contribution in [0.4, 0.5) is 0 Å². The van der Waals surface area contributed by atoms with Gasteiger partial charge in [0.15, 0.2) is 0 Å². The molecule has 0 aromatic heterocycles. The van der Waals surface area contributed by atoms with Crippen LogP contribution in [0.15, 0.2) is 23.4 Å². The van der Waals surface area contributed by atoms with Crippen LogP contribution in [0, 0.1) is 0 Å². The van der Waals surface area contributed by atoms with E-state index in [-0.39, 0.29) is 6.04 Å². The van der Waals surface area contributed by atoms with Crippen LogP contribution in [0.1, 0.15) is 13.3 Å². The van der Waals surface area contributed by atoms with Crippen molar-refractivity contribution in [1.29, 1.82) is 0 Å². The Labute approximate surface area is 55.2 Å². The van der Waals surface area contributed by atoms with Crippen LogP contribution >= 0.6 is 0 Å². The molecule has 2 nitrogen and oxygen atoms in total. The fraction of sp³-hybridized carbons (Fsp3) is 0.429. The quantitative estimate of drug-likeness (QED) is 0.494. The fourth-order valence-corrected chi connectivity index (χ4v) is 1.07. The molecule has 1 unspecified atom stereocenters. The van der Waals surface area contributed by atoms with Gasteiger partial charge in [0.2, 0.25) is 0 Å². The van der Waals surface area contributed by atoms with Crippen LogP contribution in [-0.4, -0.2) is 6.04 Å². The molecule has 0 saturated carbocycles. The molecule has 0 fully saturated rings. The van der Waals surface area contributed by atoms with Gasteiger partial charge in [-0.1, -0.05) is 5.57 Å². The first-order valence-corrected chi connectivity index (χ1v) is 3.08. The Morgan fingerprint density at radius 3 is 2.78 bits per heavy atom. The minimum atomic E-state index is 0.134. The van der Waals surface area contributed by atoms with Gasteiger partial charge in [-0.05, 0) is 25.5 Å². The summed E-state index contributed by atoms with van der Waals surface area (Å²) in [6.07, 6.45) is 4.79. The van der Waals surface area contributed by atoms with Crippen molar-refractivity contribution in [2.45, 2.75) is 19.4 Å². The maximum Gasteiger partial charge on any atom is 0.0288 e. The zero-order chi connectivity index (χ0) is 6.85. The SMILES string of the molecule is CC1=CC(N)=CC(N)C1. The molecule has 1 aliphatic rings. The summed E-state index contributed by atoms with van der Waals surface area (Å²) in [6, 6.07) is 0.134. The number of allylic oxidation sites excluding steroid dienone is 1. The second-order valence-electron chi connectivity index (χ2n) is 2.53. The van der Waals surface area contributed by atoms with E-state index in [1.54, 1.807) is 0 Å². The van der Waals surface area contributed by atoms with Crippen molar-refractivity contribution in [3.05, 3.63) is 23.4 Å². The van der Waals surface area contributed by atoms with Crippen molar-refractivity contribution in [2.24, 2.45) is 11.5 Å². The molecule has 0 radical (unpaired) electrons. The van der Waals surface area contributed by atoms with E-state index in [2.05, 4.69) is 0 Å². The molecule has 4 N–H and O–H groups in total.